The first-order chi connectivity index (χ1) is 7.73. The van der Waals surface area contributed by atoms with Gasteiger partial charge in [0.2, 0.25) is 5.91 Å². The number of rotatable bonds is 7. The number of amides is 1. The van der Waals surface area contributed by atoms with Crippen molar-refractivity contribution in [3.05, 3.63) is 0 Å². The summed E-state index contributed by atoms with van der Waals surface area (Å²) in [7, 11) is 3.46. The Morgan fingerprint density at radius 3 is 2.18 bits per heavy atom. The Balaban J connectivity index is 4.35. The third kappa shape index (κ3) is 7.31. The van der Waals surface area contributed by atoms with E-state index in [2.05, 4.69) is 0 Å². The van der Waals surface area contributed by atoms with Crippen LogP contribution in [0.2, 0.25) is 5.82 Å². The highest BCUT2D eigenvalue weighted by atomic mass is 32.2. The third-order valence-electron chi connectivity index (χ3n) is 1.99. The van der Waals surface area contributed by atoms with Gasteiger partial charge >= 0.3 is 5.97 Å². The summed E-state index contributed by atoms with van der Waals surface area (Å²) < 4.78 is 0. The van der Waals surface area contributed by atoms with Crippen LogP contribution in [0.5, 0.6) is 0 Å². The van der Waals surface area contributed by atoms with E-state index in [9.17, 15) is 9.59 Å². The number of hydrogen-bond donors (Lipinski definition) is 1. The molecule has 1 amide bonds. The zero-order valence-electron chi connectivity index (χ0n) is 11.1. The summed E-state index contributed by atoms with van der Waals surface area (Å²) in [4.78, 5) is 24.3. The van der Waals surface area contributed by atoms with E-state index in [4.69, 9.17) is 5.11 Å². The zero-order valence-corrected chi connectivity index (χ0v) is 12.0. The molecule has 97 valence electrons. The minimum absolute atomic E-state index is 0.0396. The van der Waals surface area contributed by atoms with Crippen molar-refractivity contribution in [1.82, 2.24) is 4.81 Å². The topological polar surface area (TPSA) is 57.6 Å². The van der Waals surface area contributed by atoms with Crippen LogP contribution >= 0.6 is 11.8 Å². The van der Waals surface area contributed by atoms with Crippen LogP contribution in [-0.4, -0.2) is 46.8 Å². The highest BCUT2D eigenvalue weighted by molar-refractivity contribution is 8.01. The smallest absolute Gasteiger partial charge is 0.317 e. The normalized spacial score (nSPS) is 12.6. The van der Waals surface area contributed by atoms with Gasteiger partial charge in [-0.2, -0.15) is 0 Å². The van der Waals surface area contributed by atoms with E-state index in [1.807, 2.05) is 27.7 Å². The molecule has 1 atom stereocenters. The number of carbonyl (C=O) groups excluding carboxylic acids is 1. The molecule has 4 nitrogen and oxygen atoms in total. The Hall–Kier alpha value is -0.645. The number of hydrogen-bond acceptors (Lipinski definition) is 3. The lowest BCUT2D eigenvalue weighted by Crippen LogP contribution is -2.35. The van der Waals surface area contributed by atoms with Crippen molar-refractivity contribution in [1.29, 1.82) is 0 Å². The van der Waals surface area contributed by atoms with E-state index in [0.717, 1.165) is 0 Å². The number of carboxylic acid groups (broad SMARTS) is 1. The van der Waals surface area contributed by atoms with Crippen LogP contribution < -0.4 is 0 Å². The molecule has 0 saturated carbocycles. The Bertz CT molecular complexity index is 271. The van der Waals surface area contributed by atoms with Gasteiger partial charge in [0, 0.05) is 6.42 Å². The Kier molecular flexibility index (Phi) is 7.35. The van der Waals surface area contributed by atoms with Crippen LogP contribution in [0.4, 0.5) is 0 Å². The largest absolute Gasteiger partial charge is 0.480 e. The van der Waals surface area contributed by atoms with E-state index < -0.39 is 11.2 Å². The third-order valence-corrected chi connectivity index (χ3v) is 3.23. The molecule has 0 saturated heterocycles. The van der Waals surface area contributed by atoms with E-state index in [1.165, 1.54) is 16.6 Å². The molecule has 1 radical (unpaired) electrons. The lowest BCUT2D eigenvalue weighted by Gasteiger charge is -2.21. The van der Waals surface area contributed by atoms with Gasteiger partial charge in [0.05, 0.1) is 0 Å². The van der Waals surface area contributed by atoms with Gasteiger partial charge in [-0.05, 0) is 12.3 Å². The molecular weight excluding hydrogens is 237 g/mol. The standard InChI is InChI=1S/C11H21BNO3S/c1-7(2)12-13(5)10(14)6-9(11(15)16)17-8(3)4/h7-9H,6H2,1-5H3,(H,15,16). The molecule has 0 heterocycles. The summed E-state index contributed by atoms with van der Waals surface area (Å²) in [6, 6.07) is 0. The summed E-state index contributed by atoms with van der Waals surface area (Å²) in [5, 5.41) is 8.57. The number of carbonyl (C=O) groups is 2. The van der Waals surface area contributed by atoms with Crippen molar-refractivity contribution in [3.8, 4) is 0 Å². The number of thioether (sulfide) groups is 1. The van der Waals surface area contributed by atoms with Crippen molar-refractivity contribution in [3.63, 3.8) is 0 Å². The predicted octanol–water partition coefficient (Wildman–Crippen LogP) is 1.88. The van der Waals surface area contributed by atoms with Crippen LogP contribution in [0, 0.1) is 0 Å². The molecule has 0 aromatic rings. The molecule has 0 aliphatic heterocycles. The molecule has 1 N–H and O–H groups in total. The van der Waals surface area contributed by atoms with Crippen molar-refractivity contribution in [2.45, 2.75) is 50.4 Å². The van der Waals surface area contributed by atoms with Gasteiger partial charge in [-0.25, -0.2) is 0 Å². The monoisotopic (exact) mass is 258 g/mol. The van der Waals surface area contributed by atoms with Crippen molar-refractivity contribution in [2.24, 2.45) is 0 Å². The van der Waals surface area contributed by atoms with Crippen LogP contribution in [0.25, 0.3) is 0 Å². The SMILES string of the molecule is CC(C)[B]N(C)C(=O)CC(SC(C)C)C(=O)O. The maximum atomic E-state index is 11.8. The molecule has 0 aliphatic carbocycles. The van der Waals surface area contributed by atoms with Gasteiger partial charge in [-0.15, -0.1) is 11.8 Å². The molecule has 17 heavy (non-hydrogen) atoms. The lowest BCUT2D eigenvalue weighted by molar-refractivity contribution is -0.138. The second-order valence-electron chi connectivity index (χ2n) is 4.61. The maximum Gasteiger partial charge on any atom is 0.317 e. The molecule has 0 spiro atoms. The van der Waals surface area contributed by atoms with E-state index >= 15 is 0 Å². The second kappa shape index (κ2) is 7.64. The Labute approximate surface area is 108 Å². The van der Waals surface area contributed by atoms with Crippen LogP contribution in [0.3, 0.4) is 0 Å². The first-order valence-electron chi connectivity index (χ1n) is 5.73. The summed E-state index contributed by atoms with van der Waals surface area (Å²) in [6.07, 6.45) is 0.0396. The fourth-order valence-corrected chi connectivity index (χ4v) is 2.37. The molecule has 0 aliphatic rings. The average Bonchev–Trinajstić information content (AvgIpc) is 2.14. The maximum absolute atomic E-state index is 11.8. The molecule has 6 heteroatoms. The van der Waals surface area contributed by atoms with E-state index in [0.29, 0.717) is 0 Å². The predicted molar refractivity (Wildman–Crippen MR) is 72.4 cm³/mol. The van der Waals surface area contributed by atoms with Gasteiger partial charge in [0.15, 0.2) is 0 Å². The number of aliphatic carboxylic acids is 1. The Morgan fingerprint density at radius 1 is 1.29 bits per heavy atom. The number of carboxylic acids is 1. The fraction of sp³-hybridized carbons (Fsp3) is 0.818. The first kappa shape index (κ1) is 16.4. The van der Waals surface area contributed by atoms with Crippen LogP contribution in [0.15, 0.2) is 0 Å². The van der Waals surface area contributed by atoms with Crippen molar-refractivity contribution in [2.75, 3.05) is 7.05 Å². The van der Waals surface area contributed by atoms with Gasteiger partial charge in [-0.1, -0.05) is 33.5 Å². The fourth-order valence-electron chi connectivity index (χ4n) is 1.36. The van der Waals surface area contributed by atoms with Crippen molar-refractivity contribution < 1.29 is 14.7 Å². The number of nitrogens with zero attached hydrogens (tertiary/aromatic N) is 1. The molecule has 1 unspecified atom stereocenters. The average molecular weight is 258 g/mol. The van der Waals surface area contributed by atoms with Crippen molar-refractivity contribution >= 4 is 31.1 Å². The minimum atomic E-state index is -0.921. The Morgan fingerprint density at radius 2 is 1.82 bits per heavy atom. The molecule has 0 fully saturated rings. The second-order valence-corrected chi connectivity index (χ2v) is 6.40. The van der Waals surface area contributed by atoms with Gasteiger partial charge in [-0.3, -0.25) is 9.59 Å². The van der Waals surface area contributed by atoms with Gasteiger partial charge in [0.25, 0.3) is 7.41 Å². The van der Waals surface area contributed by atoms with E-state index in [-0.39, 0.29) is 23.4 Å². The highest BCUT2D eigenvalue weighted by Crippen LogP contribution is 2.21. The van der Waals surface area contributed by atoms with Gasteiger partial charge < -0.3 is 9.92 Å². The van der Waals surface area contributed by atoms with E-state index in [1.54, 1.807) is 14.5 Å². The zero-order chi connectivity index (χ0) is 13.6. The molecule has 0 aromatic heterocycles. The summed E-state index contributed by atoms with van der Waals surface area (Å²) in [6.45, 7) is 7.80. The molecule has 0 rings (SSSR count). The minimum Gasteiger partial charge on any atom is -0.480 e. The molecule has 0 aromatic carbocycles. The molecular formula is C11H21BNO3S. The van der Waals surface area contributed by atoms with Crippen LogP contribution in [-0.2, 0) is 9.59 Å². The lowest BCUT2D eigenvalue weighted by atomic mass is 9.76. The quantitative estimate of drug-likeness (QED) is 0.708. The summed E-state index contributed by atoms with van der Waals surface area (Å²) in [5.41, 5.74) is 0. The molecule has 0 bridgehead atoms. The first-order valence-corrected chi connectivity index (χ1v) is 6.67. The van der Waals surface area contributed by atoms with Gasteiger partial charge in [0.1, 0.15) is 5.25 Å². The summed E-state index contributed by atoms with van der Waals surface area (Å²) in [5.74, 6) is -0.806. The highest BCUT2D eigenvalue weighted by Gasteiger charge is 2.24. The summed E-state index contributed by atoms with van der Waals surface area (Å²) >= 11 is 1.31. The van der Waals surface area contributed by atoms with Crippen LogP contribution in [0.1, 0.15) is 34.1 Å².